The smallest absolute Gasteiger partial charge is 0.245 e. The van der Waals surface area contributed by atoms with E-state index < -0.39 is 10.0 Å². The molecule has 0 aliphatic carbocycles. The number of hydrogen-bond donors (Lipinski definition) is 1. The third-order valence-electron chi connectivity index (χ3n) is 4.11. The van der Waals surface area contributed by atoms with Gasteiger partial charge in [0.25, 0.3) is 0 Å². The topological polar surface area (TPSA) is 88.3 Å². The number of hydrogen-bond acceptors (Lipinski definition) is 6. The number of likely N-dealkylation sites (N-methyl/N-ethyl adjacent to an activating group) is 1. The van der Waals surface area contributed by atoms with Gasteiger partial charge < -0.3 is 9.84 Å². The van der Waals surface area contributed by atoms with Crippen LogP contribution in [0.2, 0.25) is 0 Å². The number of nitrogens with one attached hydrogen (secondary N) is 1. The molecule has 0 bridgehead atoms. The predicted molar refractivity (Wildman–Crippen MR) is 107 cm³/mol. The molecule has 0 fully saturated rings. The predicted octanol–water partition coefficient (Wildman–Crippen LogP) is 3.08. The second kappa shape index (κ2) is 8.81. The van der Waals surface area contributed by atoms with E-state index in [1.807, 2.05) is 30.3 Å². The Morgan fingerprint density at radius 2 is 1.86 bits per heavy atom. The van der Waals surface area contributed by atoms with Crippen LogP contribution in [0.3, 0.4) is 0 Å². The fourth-order valence-corrected chi connectivity index (χ4v) is 3.74. The Morgan fingerprint density at radius 3 is 2.54 bits per heavy atom. The van der Waals surface area contributed by atoms with Crippen LogP contribution in [-0.4, -0.2) is 36.5 Å². The van der Waals surface area contributed by atoms with E-state index in [-0.39, 0.29) is 11.4 Å². The largest absolute Gasteiger partial charge is 0.376 e. The van der Waals surface area contributed by atoms with Gasteiger partial charge in [-0.25, -0.2) is 8.42 Å². The zero-order chi connectivity index (χ0) is 20.0. The second-order valence-electron chi connectivity index (χ2n) is 6.22. The molecule has 28 heavy (non-hydrogen) atoms. The molecule has 0 aliphatic heterocycles. The van der Waals surface area contributed by atoms with Crippen LogP contribution in [0, 0.1) is 0 Å². The first-order chi connectivity index (χ1) is 13.5. The molecule has 1 N–H and O–H groups in total. The third kappa shape index (κ3) is 4.85. The van der Waals surface area contributed by atoms with Crippen LogP contribution >= 0.6 is 0 Å². The molecule has 146 valence electrons. The fourth-order valence-electron chi connectivity index (χ4n) is 2.59. The lowest BCUT2D eigenvalue weighted by Gasteiger charge is -2.15. The lowest BCUT2D eigenvalue weighted by atomic mass is 10.1. The number of sulfonamides is 1. The van der Waals surface area contributed by atoms with E-state index in [2.05, 4.69) is 22.0 Å². The molecule has 0 radical (unpaired) electrons. The molecule has 0 saturated carbocycles. The Morgan fingerprint density at radius 1 is 1.14 bits per heavy atom. The molecule has 8 heteroatoms. The lowest BCUT2D eigenvalue weighted by molar-refractivity contribution is 0.378. The van der Waals surface area contributed by atoms with Crippen molar-refractivity contribution in [1.82, 2.24) is 14.4 Å². The number of benzene rings is 2. The summed E-state index contributed by atoms with van der Waals surface area (Å²) in [4.78, 5) is 4.60. The quantitative estimate of drug-likeness (QED) is 0.557. The van der Waals surface area contributed by atoms with Gasteiger partial charge in [-0.15, -0.1) is 6.58 Å². The zero-order valence-electron chi connectivity index (χ0n) is 15.6. The van der Waals surface area contributed by atoms with Crippen LogP contribution in [0.25, 0.3) is 0 Å². The van der Waals surface area contributed by atoms with E-state index in [1.54, 1.807) is 30.3 Å². The summed E-state index contributed by atoms with van der Waals surface area (Å²) in [6.45, 7) is 4.17. The second-order valence-corrected chi connectivity index (χ2v) is 8.26. The lowest BCUT2D eigenvalue weighted by Crippen LogP contribution is -2.26. The Labute approximate surface area is 164 Å². The number of anilines is 1. The molecule has 0 unspecified atom stereocenters. The Balaban J connectivity index is 1.59. The summed E-state index contributed by atoms with van der Waals surface area (Å²) in [5.41, 5.74) is 1.87. The van der Waals surface area contributed by atoms with Crippen molar-refractivity contribution in [3.05, 3.63) is 84.5 Å². The van der Waals surface area contributed by atoms with Gasteiger partial charge in [-0.2, -0.15) is 9.29 Å². The summed E-state index contributed by atoms with van der Waals surface area (Å²) in [6.07, 6.45) is 2.15. The van der Waals surface area contributed by atoms with Crippen molar-refractivity contribution in [1.29, 1.82) is 0 Å². The molecule has 2 aromatic carbocycles. The fraction of sp³-hybridized carbons (Fsp3) is 0.200. The maximum Gasteiger partial charge on any atom is 0.245 e. The van der Waals surface area contributed by atoms with Crippen LogP contribution in [0.15, 0.2) is 76.7 Å². The van der Waals surface area contributed by atoms with Crippen molar-refractivity contribution >= 4 is 15.7 Å². The van der Waals surface area contributed by atoms with Crippen LogP contribution in [0.4, 0.5) is 5.69 Å². The Bertz CT molecular complexity index is 1020. The van der Waals surface area contributed by atoms with Crippen molar-refractivity contribution in [2.75, 3.05) is 18.9 Å². The van der Waals surface area contributed by atoms with Gasteiger partial charge in [-0.05, 0) is 29.8 Å². The van der Waals surface area contributed by atoms with E-state index in [4.69, 9.17) is 4.52 Å². The summed E-state index contributed by atoms with van der Waals surface area (Å²) < 4.78 is 31.3. The van der Waals surface area contributed by atoms with E-state index in [9.17, 15) is 8.42 Å². The minimum Gasteiger partial charge on any atom is -0.376 e. The van der Waals surface area contributed by atoms with Gasteiger partial charge in [-0.1, -0.05) is 41.6 Å². The molecule has 1 aromatic heterocycles. The van der Waals surface area contributed by atoms with Gasteiger partial charge >= 0.3 is 0 Å². The molecule has 1 heterocycles. The number of nitrogens with zero attached hydrogens (tertiary/aromatic N) is 3. The van der Waals surface area contributed by atoms with Crippen LogP contribution < -0.4 is 5.32 Å². The number of rotatable bonds is 9. The molecule has 3 rings (SSSR count). The van der Waals surface area contributed by atoms with Crippen molar-refractivity contribution in [3.63, 3.8) is 0 Å². The van der Waals surface area contributed by atoms with Gasteiger partial charge in [-0.3, -0.25) is 0 Å². The monoisotopic (exact) mass is 398 g/mol. The van der Waals surface area contributed by atoms with Crippen molar-refractivity contribution in [3.8, 4) is 0 Å². The van der Waals surface area contributed by atoms with Crippen LogP contribution in [0.1, 0.15) is 17.3 Å². The highest BCUT2D eigenvalue weighted by molar-refractivity contribution is 7.89. The number of aromatic nitrogens is 2. The highest BCUT2D eigenvalue weighted by Gasteiger charge is 2.19. The maximum atomic E-state index is 12.4. The minimum atomic E-state index is -3.52. The summed E-state index contributed by atoms with van der Waals surface area (Å²) in [5, 5.41) is 7.14. The van der Waals surface area contributed by atoms with Gasteiger partial charge in [0, 0.05) is 25.7 Å². The van der Waals surface area contributed by atoms with Crippen molar-refractivity contribution in [2.45, 2.75) is 17.9 Å². The normalized spacial score (nSPS) is 11.5. The molecule has 0 aliphatic rings. The van der Waals surface area contributed by atoms with E-state index >= 15 is 0 Å². The standard InChI is InChI=1S/C20H22N4O3S/c1-3-13-24(2)28(25,26)18-11-9-17(10-12-18)21-15-20-22-19(23-27-20)14-16-7-5-4-6-8-16/h3-12,21H,1,13-15H2,2H3. The van der Waals surface area contributed by atoms with Crippen LogP contribution in [0.5, 0.6) is 0 Å². The summed E-state index contributed by atoms with van der Waals surface area (Å²) in [5.74, 6) is 1.09. The first kappa shape index (κ1) is 19.8. The molecule has 7 nitrogen and oxygen atoms in total. The van der Waals surface area contributed by atoms with Gasteiger partial charge in [0.15, 0.2) is 5.82 Å². The van der Waals surface area contributed by atoms with E-state index in [0.717, 1.165) is 11.3 Å². The average molecular weight is 398 g/mol. The van der Waals surface area contributed by atoms with Gasteiger partial charge in [0.2, 0.25) is 15.9 Å². The van der Waals surface area contributed by atoms with Crippen molar-refractivity contribution < 1.29 is 12.9 Å². The summed E-state index contributed by atoms with van der Waals surface area (Å²) >= 11 is 0. The van der Waals surface area contributed by atoms with Crippen LogP contribution in [-0.2, 0) is 23.0 Å². The van der Waals surface area contributed by atoms with E-state index in [1.165, 1.54) is 11.4 Å². The van der Waals surface area contributed by atoms with Gasteiger partial charge in [0.1, 0.15) is 0 Å². The molecule has 0 spiro atoms. The SMILES string of the molecule is C=CCN(C)S(=O)(=O)c1ccc(NCc2nc(Cc3ccccc3)no2)cc1. The Hall–Kier alpha value is -2.97. The highest BCUT2D eigenvalue weighted by Crippen LogP contribution is 2.18. The van der Waals surface area contributed by atoms with E-state index in [0.29, 0.717) is 24.7 Å². The molecule has 0 atom stereocenters. The molecule has 3 aromatic rings. The first-order valence-electron chi connectivity index (χ1n) is 8.75. The third-order valence-corrected chi connectivity index (χ3v) is 5.95. The maximum absolute atomic E-state index is 12.4. The minimum absolute atomic E-state index is 0.227. The highest BCUT2D eigenvalue weighted by atomic mass is 32.2. The molecular formula is C20H22N4O3S. The first-order valence-corrected chi connectivity index (χ1v) is 10.2. The molecular weight excluding hydrogens is 376 g/mol. The molecule has 0 amide bonds. The summed E-state index contributed by atoms with van der Waals surface area (Å²) in [6, 6.07) is 16.5. The Kier molecular flexibility index (Phi) is 6.23. The summed E-state index contributed by atoms with van der Waals surface area (Å²) in [7, 11) is -2.00. The average Bonchev–Trinajstić information content (AvgIpc) is 3.15. The molecule has 0 saturated heterocycles. The van der Waals surface area contributed by atoms with Crippen molar-refractivity contribution in [2.24, 2.45) is 0 Å². The van der Waals surface area contributed by atoms with Gasteiger partial charge in [0.05, 0.1) is 11.4 Å². The zero-order valence-corrected chi connectivity index (χ0v) is 16.4.